The second-order valence-electron chi connectivity index (χ2n) is 6.55. The zero-order valence-electron chi connectivity index (χ0n) is 16.7. The maximum Gasteiger partial charge on any atom is 0.250 e. The smallest absolute Gasteiger partial charge is 0.250 e. The Bertz CT molecular complexity index is 1180. The van der Waals surface area contributed by atoms with E-state index in [4.69, 9.17) is 19.6 Å². The Morgan fingerprint density at radius 2 is 1.83 bits per heavy atom. The molecular formula is C22H21N5O3. The van der Waals surface area contributed by atoms with Crippen molar-refractivity contribution in [3.05, 3.63) is 77.5 Å². The molecule has 0 atom stereocenters. The van der Waals surface area contributed by atoms with Crippen LogP contribution in [0.25, 0.3) is 28.5 Å². The number of methoxy groups -OCH3 is 2. The molecule has 0 aliphatic heterocycles. The predicted octanol–water partition coefficient (Wildman–Crippen LogP) is 2.81. The van der Waals surface area contributed by atoms with E-state index < -0.39 is 0 Å². The molecule has 0 unspecified atom stereocenters. The molecule has 0 aliphatic carbocycles. The summed E-state index contributed by atoms with van der Waals surface area (Å²) in [7, 11) is 3.23. The predicted molar refractivity (Wildman–Crippen MR) is 113 cm³/mol. The molecule has 3 aromatic heterocycles. The van der Waals surface area contributed by atoms with E-state index in [1.807, 2.05) is 36.4 Å². The van der Waals surface area contributed by atoms with Crippen molar-refractivity contribution in [1.82, 2.24) is 24.3 Å². The number of pyridine rings is 2. The van der Waals surface area contributed by atoms with Gasteiger partial charge in [-0.05, 0) is 42.5 Å². The Balaban J connectivity index is 1.85. The standard InChI is InChI=1S/C22H21N5O3/c1-29-13-12-26-15-17(5-10-20(26)28)22-24-21(16-4-3-11-23-14-16)25-27(22)18-6-8-19(30-2)9-7-18/h3-11,14-15H,12-13H2,1-2H3. The van der Waals surface area contributed by atoms with Crippen LogP contribution in [0.2, 0.25) is 0 Å². The molecule has 30 heavy (non-hydrogen) atoms. The van der Waals surface area contributed by atoms with Gasteiger partial charge in [0.2, 0.25) is 0 Å². The highest BCUT2D eigenvalue weighted by Crippen LogP contribution is 2.25. The van der Waals surface area contributed by atoms with E-state index in [1.165, 1.54) is 6.07 Å². The molecule has 4 aromatic rings. The van der Waals surface area contributed by atoms with E-state index in [2.05, 4.69) is 4.98 Å². The fraction of sp³-hybridized carbons (Fsp3) is 0.182. The highest BCUT2D eigenvalue weighted by molar-refractivity contribution is 5.62. The summed E-state index contributed by atoms with van der Waals surface area (Å²) in [6.45, 7) is 0.894. The minimum absolute atomic E-state index is 0.0983. The van der Waals surface area contributed by atoms with E-state index in [9.17, 15) is 4.79 Å². The van der Waals surface area contributed by atoms with E-state index in [1.54, 1.807) is 48.1 Å². The van der Waals surface area contributed by atoms with E-state index in [0.717, 1.165) is 22.6 Å². The summed E-state index contributed by atoms with van der Waals surface area (Å²) in [5.41, 5.74) is 2.30. The summed E-state index contributed by atoms with van der Waals surface area (Å²) in [5.74, 6) is 1.91. The first-order valence-electron chi connectivity index (χ1n) is 9.41. The first-order chi connectivity index (χ1) is 14.7. The van der Waals surface area contributed by atoms with Crippen LogP contribution in [0.4, 0.5) is 0 Å². The Kier molecular flexibility index (Phi) is 5.67. The molecule has 0 bridgehead atoms. The normalized spacial score (nSPS) is 10.9. The number of rotatable bonds is 7. The number of hydrogen-bond donors (Lipinski definition) is 0. The quantitative estimate of drug-likeness (QED) is 0.472. The van der Waals surface area contributed by atoms with Crippen LogP contribution in [-0.2, 0) is 11.3 Å². The highest BCUT2D eigenvalue weighted by atomic mass is 16.5. The van der Waals surface area contributed by atoms with Crippen molar-refractivity contribution in [3.8, 4) is 34.2 Å². The van der Waals surface area contributed by atoms with Crippen molar-refractivity contribution >= 4 is 0 Å². The summed E-state index contributed by atoms with van der Waals surface area (Å²) >= 11 is 0. The van der Waals surface area contributed by atoms with Gasteiger partial charge in [0.15, 0.2) is 11.6 Å². The molecular weight excluding hydrogens is 382 g/mol. The number of ether oxygens (including phenoxy) is 2. The number of aromatic nitrogens is 5. The van der Waals surface area contributed by atoms with Gasteiger partial charge in [-0.25, -0.2) is 9.67 Å². The monoisotopic (exact) mass is 403 g/mol. The van der Waals surface area contributed by atoms with Crippen LogP contribution in [0, 0.1) is 0 Å². The number of hydrogen-bond acceptors (Lipinski definition) is 6. The number of nitrogens with zero attached hydrogens (tertiary/aromatic N) is 5. The van der Waals surface area contributed by atoms with Crippen LogP contribution in [0.15, 0.2) is 71.9 Å². The summed E-state index contributed by atoms with van der Waals surface area (Å²) in [5, 5.41) is 4.71. The molecule has 0 fully saturated rings. The van der Waals surface area contributed by atoms with Gasteiger partial charge in [0, 0.05) is 49.4 Å². The molecule has 0 N–H and O–H groups in total. The Hall–Kier alpha value is -3.78. The van der Waals surface area contributed by atoms with Gasteiger partial charge in [0.25, 0.3) is 5.56 Å². The molecule has 0 spiro atoms. The Morgan fingerprint density at radius 1 is 1.00 bits per heavy atom. The van der Waals surface area contributed by atoms with Gasteiger partial charge in [-0.15, -0.1) is 5.10 Å². The lowest BCUT2D eigenvalue weighted by molar-refractivity contribution is 0.186. The first-order valence-corrected chi connectivity index (χ1v) is 9.41. The molecule has 8 nitrogen and oxygen atoms in total. The molecule has 0 saturated carbocycles. The van der Waals surface area contributed by atoms with Gasteiger partial charge >= 0.3 is 0 Å². The maximum absolute atomic E-state index is 12.2. The maximum atomic E-state index is 12.2. The third-order valence-electron chi connectivity index (χ3n) is 4.62. The molecule has 0 amide bonds. The average molecular weight is 403 g/mol. The third-order valence-corrected chi connectivity index (χ3v) is 4.62. The lowest BCUT2D eigenvalue weighted by Crippen LogP contribution is -2.21. The van der Waals surface area contributed by atoms with Crippen LogP contribution in [0.5, 0.6) is 5.75 Å². The minimum atomic E-state index is -0.0983. The zero-order chi connectivity index (χ0) is 20.9. The molecule has 0 saturated heterocycles. The molecule has 3 heterocycles. The lowest BCUT2D eigenvalue weighted by atomic mass is 10.2. The fourth-order valence-corrected chi connectivity index (χ4v) is 3.05. The fourth-order valence-electron chi connectivity index (χ4n) is 3.05. The molecule has 4 rings (SSSR count). The van der Waals surface area contributed by atoms with Crippen molar-refractivity contribution < 1.29 is 9.47 Å². The van der Waals surface area contributed by atoms with Crippen molar-refractivity contribution in [2.24, 2.45) is 0 Å². The molecule has 1 aromatic carbocycles. The van der Waals surface area contributed by atoms with Crippen LogP contribution in [0.3, 0.4) is 0 Å². The van der Waals surface area contributed by atoms with Crippen LogP contribution in [-0.4, -0.2) is 45.1 Å². The largest absolute Gasteiger partial charge is 0.497 e. The molecule has 8 heteroatoms. The van der Waals surface area contributed by atoms with E-state index in [-0.39, 0.29) is 5.56 Å². The van der Waals surface area contributed by atoms with Gasteiger partial charge in [0.05, 0.1) is 19.4 Å². The van der Waals surface area contributed by atoms with Crippen molar-refractivity contribution in [3.63, 3.8) is 0 Å². The lowest BCUT2D eigenvalue weighted by Gasteiger charge is -2.09. The summed E-state index contributed by atoms with van der Waals surface area (Å²) in [6.07, 6.45) is 5.20. The van der Waals surface area contributed by atoms with E-state index in [0.29, 0.717) is 24.8 Å². The molecule has 0 aliphatic rings. The van der Waals surface area contributed by atoms with Gasteiger partial charge < -0.3 is 14.0 Å². The van der Waals surface area contributed by atoms with Gasteiger partial charge in [-0.2, -0.15) is 0 Å². The van der Waals surface area contributed by atoms with Crippen LogP contribution in [0.1, 0.15) is 0 Å². The Labute approximate surface area is 173 Å². The van der Waals surface area contributed by atoms with Crippen LogP contribution < -0.4 is 10.3 Å². The minimum Gasteiger partial charge on any atom is -0.497 e. The molecule has 152 valence electrons. The average Bonchev–Trinajstić information content (AvgIpc) is 3.25. The van der Waals surface area contributed by atoms with Gasteiger partial charge in [0.1, 0.15) is 5.75 Å². The summed E-state index contributed by atoms with van der Waals surface area (Å²) < 4.78 is 13.7. The molecule has 0 radical (unpaired) electrons. The van der Waals surface area contributed by atoms with Gasteiger partial charge in [-0.1, -0.05) is 0 Å². The number of benzene rings is 1. The second-order valence-corrected chi connectivity index (χ2v) is 6.55. The van der Waals surface area contributed by atoms with Crippen LogP contribution >= 0.6 is 0 Å². The Morgan fingerprint density at radius 3 is 2.53 bits per heavy atom. The summed E-state index contributed by atoms with van der Waals surface area (Å²) in [6, 6.07) is 14.6. The van der Waals surface area contributed by atoms with Crippen molar-refractivity contribution in [1.29, 1.82) is 0 Å². The summed E-state index contributed by atoms with van der Waals surface area (Å²) in [4.78, 5) is 21.1. The van der Waals surface area contributed by atoms with Crippen molar-refractivity contribution in [2.45, 2.75) is 6.54 Å². The highest BCUT2D eigenvalue weighted by Gasteiger charge is 2.16. The zero-order valence-corrected chi connectivity index (χ0v) is 16.7. The second kappa shape index (κ2) is 8.71. The third kappa shape index (κ3) is 3.99. The first kappa shape index (κ1) is 19.5. The topological polar surface area (TPSA) is 84.1 Å². The van der Waals surface area contributed by atoms with E-state index >= 15 is 0 Å². The van der Waals surface area contributed by atoms with Crippen molar-refractivity contribution in [2.75, 3.05) is 20.8 Å². The van der Waals surface area contributed by atoms with Gasteiger partial charge in [-0.3, -0.25) is 9.78 Å². The SMILES string of the molecule is COCCn1cc(-c2nc(-c3cccnc3)nn2-c2ccc(OC)cc2)ccc1=O.